The highest BCUT2D eigenvalue weighted by molar-refractivity contribution is 5.97. The number of nitrogens with zero attached hydrogens (tertiary/aromatic N) is 4. The van der Waals surface area contributed by atoms with Crippen LogP contribution in [-0.2, 0) is 6.61 Å². The first-order valence-electron chi connectivity index (χ1n) is 9.06. The number of aromatic amines is 1. The molecule has 8 heteroatoms. The molecule has 0 unspecified atom stereocenters. The van der Waals surface area contributed by atoms with Crippen molar-refractivity contribution < 1.29 is 9.53 Å². The normalized spacial score (nSPS) is 11.4. The van der Waals surface area contributed by atoms with E-state index < -0.39 is 5.91 Å². The summed E-state index contributed by atoms with van der Waals surface area (Å²) in [6.45, 7) is 4.19. The molecule has 1 amide bonds. The Kier molecular flexibility index (Phi) is 4.82. The Morgan fingerprint density at radius 3 is 2.79 bits per heavy atom. The van der Waals surface area contributed by atoms with Gasteiger partial charge in [-0.1, -0.05) is 6.07 Å². The first-order chi connectivity index (χ1) is 14.0. The second kappa shape index (κ2) is 7.59. The predicted molar refractivity (Wildman–Crippen MR) is 110 cm³/mol. The van der Waals surface area contributed by atoms with Crippen molar-refractivity contribution in [2.24, 2.45) is 10.7 Å². The van der Waals surface area contributed by atoms with E-state index in [9.17, 15) is 4.79 Å². The Labute approximate surface area is 167 Å². The number of nitrogens with two attached hydrogens (primary N) is 1. The number of rotatable bonds is 6. The van der Waals surface area contributed by atoms with E-state index in [0.717, 1.165) is 28.2 Å². The van der Waals surface area contributed by atoms with Gasteiger partial charge in [0.15, 0.2) is 5.69 Å². The highest BCUT2D eigenvalue weighted by atomic mass is 16.5. The number of carbonyl (C=O) groups is 1. The Hall–Kier alpha value is -3.94. The minimum Gasteiger partial charge on any atom is -0.487 e. The molecule has 3 heterocycles. The predicted octanol–water partition coefficient (Wildman–Crippen LogP) is 3.10. The van der Waals surface area contributed by atoms with Gasteiger partial charge in [0.25, 0.3) is 5.91 Å². The maximum atomic E-state index is 11.4. The summed E-state index contributed by atoms with van der Waals surface area (Å²) in [6.07, 6.45) is 5.59. The van der Waals surface area contributed by atoms with Crippen LogP contribution in [-0.4, -0.2) is 31.7 Å². The molecule has 0 aliphatic rings. The standard InChI is InChI=1S/C21H20N6O2/c1-13-4-3-9-27-11-16(24-21(13)27)12-29-17-7-5-15(6-8-17)10-23-18-14(2)25-26-19(18)20(22)28/h3-11H,12H2,1-2H3,(H2,22,28)(H,25,26). The average Bonchev–Trinajstić information content (AvgIpc) is 3.30. The van der Waals surface area contributed by atoms with Crippen LogP contribution in [0.2, 0.25) is 0 Å². The Balaban J connectivity index is 1.43. The van der Waals surface area contributed by atoms with E-state index in [4.69, 9.17) is 10.5 Å². The van der Waals surface area contributed by atoms with Gasteiger partial charge in [-0.25, -0.2) is 4.98 Å². The molecule has 0 fully saturated rings. The average molecular weight is 388 g/mol. The monoisotopic (exact) mass is 388 g/mol. The number of hydrogen-bond donors (Lipinski definition) is 2. The molecule has 0 saturated heterocycles. The van der Waals surface area contributed by atoms with Crippen LogP contribution >= 0.6 is 0 Å². The van der Waals surface area contributed by atoms with Crippen LogP contribution in [0, 0.1) is 13.8 Å². The maximum Gasteiger partial charge on any atom is 0.271 e. The Bertz CT molecular complexity index is 1200. The molecule has 1 aromatic carbocycles. The van der Waals surface area contributed by atoms with E-state index >= 15 is 0 Å². The topological polar surface area (TPSA) is 111 Å². The molecule has 0 bridgehead atoms. The number of fused-ring (bicyclic) bond motifs is 1. The first kappa shape index (κ1) is 18.4. The molecule has 8 nitrogen and oxygen atoms in total. The summed E-state index contributed by atoms with van der Waals surface area (Å²) in [7, 11) is 0. The van der Waals surface area contributed by atoms with Gasteiger partial charge in [0.1, 0.15) is 23.7 Å². The molecule has 0 spiro atoms. The third kappa shape index (κ3) is 3.86. The lowest BCUT2D eigenvalue weighted by Gasteiger charge is -2.04. The second-order valence-electron chi connectivity index (χ2n) is 6.68. The highest BCUT2D eigenvalue weighted by Gasteiger charge is 2.13. The van der Waals surface area contributed by atoms with Gasteiger partial charge in [-0.3, -0.25) is 14.9 Å². The van der Waals surface area contributed by atoms with Gasteiger partial charge in [0, 0.05) is 18.6 Å². The molecular formula is C21H20N6O2. The van der Waals surface area contributed by atoms with Crippen LogP contribution in [0.3, 0.4) is 0 Å². The molecule has 146 valence electrons. The van der Waals surface area contributed by atoms with Crippen molar-refractivity contribution in [1.29, 1.82) is 0 Å². The van der Waals surface area contributed by atoms with E-state index in [2.05, 4.69) is 20.2 Å². The van der Waals surface area contributed by atoms with Crippen molar-refractivity contribution in [3.63, 3.8) is 0 Å². The molecule has 4 aromatic rings. The quantitative estimate of drug-likeness (QED) is 0.494. The van der Waals surface area contributed by atoms with Crippen molar-refractivity contribution in [2.75, 3.05) is 0 Å². The van der Waals surface area contributed by atoms with Crippen molar-refractivity contribution >= 4 is 23.5 Å². The molecule has 0 saturated carbocycles. The summed E-state index contributed by atoms with van der Waals surface area (Å²) in [4.78, 5) is 20.3. The van der Waals surface area contributed by atoms with Crippen molar-refractivity contribution in [2.45, 2.75) is 20.5 Å². The number of amides is 1. The van der Waals surface area contributed by atoms with E-state index in [1.807, 2.05) is 60.1 Å². The molecule has 3 aromatic heterocycles. The lowest BCUT2D eigenvalue weighted by Crippen LogP contribution is -2.11. The molecule has 4 rings (SSSR count). The summed E-state index contributed by atoms with van der Waals surface area (Å²) in [5, 5.41) is 6.59. The number of imidazole rings is 1. The second-order valence-corrected chi connectivity index (χ2v) is 6.68. The maximum absolute atomic E-state index is 11.4. The molecule has 0 atom stereocenters. The van der Waals surface area contributed by atoms with Crippen molar-refractivity contribution in [3.05, 3.63) is 77.0 Å². The van der Waals surface area contributed by atoms with Gasteiger partial charge in [-0.05, 0) is 55.3 Å². The number of hydrogen-bond acceptors (Lipinski definition) is 5. The molecule has 0 aliphatic carbocycles. The van der Waals surface area contributed by atoms with Crippen molar-refractivity contribution in [1.82, 2.24) is 19.6 Å². The smallest absolute Gasteiger partial charge is 0.271 e. The fourth-order valence-corrected chi connectivity index (χ4v) is 2.97. The van der Waals surface area contributed by atoms with Gasteiger partial charge < -0.3 is 14.9 Å². The molecular weight excluding hydrogens is 368 g/mol. The largest absolute Gasteiger partial charge is 0.487 e. The van der Waals surface area contributed by atoms with E-state index in [0.29, 0.717) is 18.0 Å². The summed E-state index contributed by atoms with van der Waals surface area (Å²) in [5.41, 5.74) is 10.3. The lowest BCUT2D eigenvalue weighted by molar-refractivity contribution is 0.0996. The van der Waals surface area contributed by atoms with Gasteiger partial charge in [0.05, 0.1) is 11.4 Å². The minimum absolute atomic E-state index is 0.126. The minimum atomic E-state index is -0.618. The fourth-order valence-electron chi connectivity index (χ4n) is 2.97. The van der Waals surface area contributed by atoms with Crippen molar-refractivity contribution in [3.8, 4) is 5.75 Å². The van der Waals surface area contributed by atoms with Crippen LogP contribution in [0.25, 0.3) is 5.65 Å². The zero-order chi connectivity index (χ0) is 20.4. The number of H-pyrrole nitrogens is 1. The van der Waals surface area contributed by atoms with Crippen LogP contribution in [0.4, 0.5) is 5.69 Å². The van der Waals surface area contributed by atoms with Crippen LogP contribution in [0.5, 0.6) is 5.75 Å². The number of aryl methyl sites for hydroxylation is 2. The fraction of sp³-hybridized carbons (Fsp3) is 0.143. The number of pyridine rings is 1. The highest BCUT2D eigenvalue weighted by Crippen LogP contribution is 2.21. The zero-order valence-electron chi connectivity index (χ0n) is 16.1. The Morgan fingerprint density at radius 1 is 1.28 bits per heavy atom. The zero-order valence-corrected chi connectivity index (χ0v) is 16.1. The van der Waals surface area contributed by atoms with Gasteiger partial charge in [-0.2, -0.15) is 5.10 Å². The number of aromatic nitrogens is 4. The number of ether oxygens (including phenoxy) is 1. The summed E-state index contributed by atoms with van der Waals surface area (Å²) >= 11 is 0. The first-order valence-corrected chi connectivity index (χ1v) is 9.06. The number of benzene rings is 1. The van der Waals surface area contributed by atoms with Gasteiger partial charge in [0.2, 0.25) is 0 Å². The van der Waals surface area contributed by atoms with Gasteiger partial charge in [-0.15, -0.1) is 0 Å². The number of carbonyl (C=O) groups excluding carboxylic acids is 1. The molecule has 0 aliphatic heterocycles. The molecule has 29 heavy (non-hydrogen) atoms. The third-order valence-electron chi connectivity index (χ3n) is 4.49. The molecule has 0 radical (unpaired) electrons. The number of nitrogens with one attached hydrogen (secondary N) is 1. The van der Waals surface area contributed by atoms with E-state index in [1.54, 1.807) is 13.1 Å². The van der Waals surface area contributed by atoms with Crippen LogP contribution < -0.4 is 10.5 Å². The summed E-state index contributed by atoms with van der Waals surface area (Å²) < 4.78 is 7.83. The van der Waals surface area contributed by atoms with E-state index in [-0.39, 0.29) is 5.69 Å². The van der Waals surface area contributed by atoms with Gasteiger partial charge >= 0.3 is 0 Å². The number of aliphatic imine (C=N–C) groups is 1. The van der Waals surface area contributed by atoms with E-state index in [1.165, 1.54) is 0 Å². The third-order valence-corrected chi connectivity index (χ3v) is 4.49. The summed E-state index contributed by atoms with van der Waals surface area (Å²) in [5.74, 6) is 0.112. The number of primary amides is 1. The van der Waals surface area contributed by atoms with Crippen LogP contribution in [0.1, 0.15) is 33.0 Å². The SMILES string of the molecule is Cc1[nH]nc(C(N)=O)c1N=Cc1ccc(OCc2cn3cccc(C)c3n2)cc1. The lowest BCUT2D eigenvalue weighted by atomic mass is 10.2. The molecule has 3 N–H and O–H groups in total. The Morgan fingerprint density at radius 2 is 2.07 bits per heavy atom. The van der Waals surface area contributed by atoms with Crippen LogP contribution in [0.15, 0.2) is 53.8 Å². The summed E-state index contributed by atoms with van der Waals surface area (Å²) in [6, 6.07) is 11.5.